The monoisotopic (exact) mass is 440 g/mol. The van der Waals surface area contributed by atoms with Crippen molar-refractivity contribution in [1.29, 1.82) is 0 Å². The number of aromatic nitrogens is 1. The van der Waals surface area contributed by atoms with Gasteiger partial charge in [-0.2, -0.15) is 9.45 Å². The number of pyridine rings is 1. The van der Waals surface area contributed by atoms with Gasteiger partial charge in [-0.3, -0.25) is 14.4 Å². The van der Waals surface area contributed by atoms with Crippen molar-refractivity contribution in [3.63, 3.8) is 0 Å². The molecule has 2 aliphatic heterocycles. The van der Waals surface area contributed by atoms with E-state index in [-0.39, 0.29) is 18.2 Å². The fourth-order valence-electron chi connectivity index (χ4n) is 3.78. The van der Waals surface area contributed by atoms with Crippen molar-refractivity contribution < 1.29 is 23.6 Å². The third kappa shape index (κ3) is 4.35. The van der Waals surface area contributed by atoms with Crippen molar-refractivity contribution in [2.24, 2.45) is 0 Å². The van der Waals surface area contributed by atoms with Crippen molar-refractivity contribution in [2.75, 3.05) is 25.5 Å². The first kappa shape index (κ1) is 21.9. The summed E-state index contributed by atoms with van der Waals surface area (Å²) >= 11 is 0. The van der Waals surface area contributed by atoms with E-state index >= 15 is 0 Å². The minimum absolute atomic E-state index is 0.0248. The van der Waals surface area contributed by atoms with E-state index in [4.69, 9.17) is 9.57 Å². The normalized spacial score (nSPS) is 18.3. The van der Waals surface area contributed by atoms with E-state index in [1.54, 1.807) is 5.06 Å². The van der Waals surface area contributed by atoms with E-state index in [9.17, 15) is 14.0 Å². The smallest absolute Gasteiger partial charge is 0.269 e. The lowest BCUT2D eigenvalue weighted by Crippen LogP contribution is -2.36. The molecule has 32 heavy (non-hydrogen) atoms. The van der Waals surface area contributed by atoms with Gasteiger partial charge in [-0.25, -0.2) is 4.98 Å². The van der Waals surface area contributed by atoms with Gasteiger partial charge in [-0.1, -0.05) is 19.1 Å². The van der Waals surface area contributed by atoms with E-state index in [2.05, 4.69) is 15.6 Å². The summed E-state index contributed by atoms with van der Waals surface area (Å²) in [5.41, 5.74) is 3.56. The zero-order valence-corrected chi connectivity index (χ0v) is 18.2. The van der Waals surface area contributed by atoms with E-state index in [1.807, 2.05) is 32.1 Å². The predicted molar refractivity (Wildman–Crippen MR) is 116 cm³/mol. The summed E-state index contributed by atoms with van der Waals surface area (Å²) in [7, 11) is 1.47. The van der Waals surface area contributed by atoms with Crippen LogP contribution in [0.1, 0.15) is 40.5 Å². The number of aryl methyl sites for hydroxylation is 1. The largest absolute Gasteiger partial charge is 0.478 e. The standard InChI is InChI=1S/C23H25FN4O4/c1-4-19-23(30)27-18-10-14(9-13(2)20(18)32-19)11-28-8-7-15(12-31-28)16-5-6-17(22(29)25-3)26-21(16)24/h5-7,9-10,19H,4,8,11-12H2,1-3H3,(H,25,29)(H,27,30). The van der Waals surface area contributed by atoms with Gasteiger partial charge in [0.25, 0.3) is 11.8 Å². The molecular formula is C23H25FN4O4. The molecule has 1 unspecified atom stereocenters. The van der Waals surface area contributed by atoms with Crippen molar-refractivity contribution in [3.05, 3.63) is 58.7 Å². The summed E-state index contributed by atoms with van der Waals surface area (Å²) in [6.07, 6.45) is 2.01. The molecule has 0 fully saturated rings. The molecule has 2 N–H and O–H groups in total. The maximum Gasteiger partial charge on any atom is 0.269 e. The van der Waals surface area contributed by atoms with Gasteiger partial charge in [-0.05, 0) is 48.2 Å². The molecule has 3 heterocycles. The Morgan fingerprint density at radius 2 is 2.19 bits per heavy atom. The Bertz CT molecular complexity index is 1100. The number of carbonyl (C=O) groups excluding carboxylic acids is 2. The molecule has 0 spiro atoms. The number of benzene rings is 1. The lowest BCUT2D eigenvalue weighted by Gasteiger charge is -2.29. The van der Waals surface area contributed by atoms with Gasteiger partial charge in [0.2, 0.25) is 5.95 Å². The molecule has 2 aromatic rings. The zero-order valence-electron chi connectivity index (χ0n) is 18.2. The molecule has 168 valence electrons. The minimum Gasteiger partial charge on any atom is -0.478 e. The zero-order chi connectivity index (χ0) is 22.8. The van der Waals surface area contributed by atoms with Crippen LogP contribution in [0.3, 0.4) is 0 Å². The quantitative estimate of drug-likeness (QED) is 0.695. The van der Waals surface area contributed by atoms with E-state index < -0.39 is 18.0 Å². The second-order valence-corrected chi connectivity index (χ2v) is 7.73. The Morgan fingerprint density at radius 1 is 1.38 bits per heavy atom. The highest BCUT2D eigenvalue weighted by atomic mass is 19.1. The number of fused-ring (bicyclic) bond motifs is 1. The number of anilines is 1. The first-order valence-corrected chi connectivity index (χ1v) is 10.5. The summed E-state index contributed by atoms with van der Waals surface area (Å²) < 4.78 is 20.3. The molecule has 1 aromatic heterocycles. The number of nitrogens with zero attached hydrogens (tertiary/aromatic N) is 2. The van der Waals surface area contributed by atoms with Crippen LogP contribution in [-0.4, -0.2) is 48.2 Å². The summed E-state index contributed by atoms with van der Waals surface area (Å²) in [5.74, 6) is -0.593. The average molecular weight is 440 g/mol. The molecule has 0 saturated carbocycles. The number of ether oxygens (including phenoxy) is 1. The van der Waals surface area contributed by atoms with E-state index in [1.165, 1.54) is 19.2 Å². The number of amides is 2. The van der Waals surface area contributed by atoms with Gasteiger partial charge in [0.1, 0.15) is 11.4 Å². The lowest BCUT2D eigenvalue weighted by molar-refractivity contribution is -0.150. The maximum absolute atomic E-state index is 14.4. The third-order valence-corrected chi connectivity index (χ3v) is 5.47. The summed E-state index contributed by atoms with van der Waals surface area (Å²) in [5, 5.41) is 7.10. The van der Waals surface area contributed by atoms with Crippen LogP contribution < -0.4 is 15.4 Å². The number of hydrogen-bond donors (Lipinski definition) is 2. The molecule has 0 saturated heterocycles. The fourth-order valence-corrected chi connectivity index (χ4v) is 3.78. The molecule has 0 aliphatic carbocycles. The summed E-state index contributed by atoms with van der Waals surface area (Å²) in [6, 6.07) is 6.92. The Hall–Kier alpha value is -3.30. The molecule has 1 atom stereocenters. The third-order valence-electron chi connectivity index (χ3n) is 5.47. The number of rotatable bonds is 5. The van der Waals surface area contributed by atoms with Crippen LogP contribution in [0.15, 0.2) is 30.3 Å². The molecule has 1 aromatic carbocycles. The first-order chi connectivity index (χ1) is 15.4. The summed E-state index contributed by atoms with van der Waals surface area (Å²) in [4.78, 5) is 33.3. The van der Waals surface area contributed by atoms with Gasteiger partial charge in [0.05, 0.1) is 12.3 Å². The van der Waals surface area contributed by atoms with Crippen LogP contribution in [-0.2, 0) is 16.2 Å². The van der Waals surface area contributed by atoms with Gasteiger partial charge in [0.15, 0.2) is 6.10 Å². The molecular weight excluding hydrogens is 415 g/mol. The Balaban J connectivity index is 1.45. The van der Waals surface area contributed by atoms with Crippen LogP contribution >= 0.6 is 0 Å². The average Bonchev–Trinajstić information content (AvgIpc) is 2.78. The highest BCUT2D eigenvalue weighted by molar-refractivity contribution is 5.98. The summed E-state index contributed by atoms with van der Waals surface area (Å²) in [6.45, 7) is 4.97. The number of halogens is 1. The van der Waals surface area contributed by atoms with Gasteiger partial charge in [-0.15, -0.1) is 0 Å². The predicted octanol–water partition coefficient (Wildman–Crippen LogP) is 2.83. The molecule has 2 amide bonds. The minimum atomic E-state index is -0.708. The maximum atomic E-state index is 14.4. The van der Waals surface area contributed by atoms with Crippen LogP contribution in [0, 0.1) is 12.9 Å². The molecule has 4 rings (SSSR count). The van der Waals surface area contributed by atoms with Crippen molar-refractivity contribution >= 4 is 23.1 Å². The Kier molecular flexibility index (Phi) is 6.20. The van der Waals surface area contributed by atoms with Crippen molar-refractivity contribution in [2.45, 2.75) is 32.9 Å². The Labute approximate surface area is 185 Å². The van der Waals surface area contributed by atoms with Crippen LogP contribution in [0.4, 0.5) is 10.1 Å². The topological polar surface area (TPSA) is 92.8 Å². The highest BCUT2D eigenvalue weighted by Gasteiger charge is 2.28. The SMILES string of the molecule is CCC1Oc2c(C)cc(CN3CC=C(c4ccc(C(=O)NC)nc4F)CO3)cc2NC1=O. The van der Waals surface area contributed by atoms with Crippen molar-refractivity contribution in [1.82, 2.24) is 15.4 Å². The van der Waals surface area contributed by atoms with Crippen LogP contribution in [0.2, 0.25) is 0 Å². The number of carbonyl (C=O) groups is 2. The molecule has 2 aliphatic rings. The number of hydroxylamine groups is 2. The number of hydrogen-bond acceptors (Lipinski definition) is 6. The second-order valence-electron chi connectivity index (χ2n) is 7.73. The molecule has 8 nitrogen and oxygen atoms in total. The van der Waals surface area contributed by atoms with E-state index in [0.29, 0.717) is 42.1 Å². The van der Waals surface area contributed by atoms with Crippen molar-refractivity contribution in [3.8, 4) is 5.75 Å². The molecule has 0 radical (unpaired) electrons. The Morgan fingerprint density at radius 3 is 2.84 bits per heavy atom. The molecule has 9 heteroatoms. The van der Waals surface area contributed by atoms with Crippen LogP contribution in [0.5, 0.6) is 5.75 Å². The highest BCUT2D eigenvalue weighted by Crippen LogP contribution is 2.35. The van der Waals surface area contributed by atoms with E-state index in [0.717, 1.165) is 11.1 Å². The van der Waals surface area contributed by atoms with Gasteiger partial charge < -0.3 is 15.4 Å². The fraction of sp³-hybridized carbons (Fsp3) is 0.348. The number of nitrogens with one attached hydrogen (secondary N) is 2. The van der Waals surface area contributed by atoms with Gasteiger partial charge in [0, 0.05) is 25.7 Å². The van der Waals surface area contributed by atoms with Gasteiger partial charge >= 0.3 is 0 Å². The van der Waals surface area contributed by atoms with Crippen LogP contribution in [0.25, 0.3) is 5.57 Å². The second kappa shape index (κ2) is 9.05. The molecule has 0 bridgehead atoms. The lowest BCUT2D eigenvalue weighted by atomic mass is 10.1. The first-order valence-electron chi connectivity index (χ1n) is 10.5.